The van der Waals surface area contributed by atoms with Crippen molar-refractivity contribution in [3.05, 3.63) is 0 Å². The molecular weight excluding hydrogens is 184 g/mol. The molecule has 88 valence electrons. The summed E-state index contributed by atoms with van der Waals surface area (Å²) in [4.78, 5) is 2.61. The molecule has 2 N–H and O–H groups in total. The first-order chi connectivity index (χ1) is 7.29. The number of hydrogen-bond acceptors (Lipinski definition) is 2. The molecule has 2 rings (SSSR count). The van der Waals surface area contributed by atoms with Gasteiger partial charge in [0, 0.05) is 18.1 Å². The minimum Gasteiger partial charge on any atom is -0.326 e. The Morgan fingerprint density at radius 1 is 0.867 bits per heavy atom. The van der Waals surface area contributed by atoms with E-state index in [1.807, 2.05) is 0 Å². The third-order valence-electron chi connectivity index (χ3n) is 4.46. The first-order valence-electron chi connectivity index (χ1n) is 6.76. The van der Waals surface area contributed by atoms with E-state index in [4.69, 9.17) is 5.73 Å². The standard InChI is InChI=1S/C13H26N2/c1-15(11-7-3-2-4-8-11)13-10-6-5-9-12(13)14/h11-13H,2-10,14H2,1H3/t12-,13-/m1/s1. The third kappa shape index (κ3) is 2.73. The van der Waals surface area contributed by atoms with Gasteiger partial charge in [-0.2, -0.15) is 0 Å². The zero-order chi connectivity index (χ0) is 10.7. The van der Waals surface area contributed by atoms with E-state index in [1.165, 1.54) is 57.8 Å². The van der Waals surface area contributed by atoms with Gasteiger partial charge in [-0.3, -0.25) is 4.90 Å². The zero-order valence-electron chi connectivity index (χ0n) is 10.1. The maximum atomic E-state index is 6.24. The van der Waals surface area contributed by atoms with Crippen molar-refractivity contribution in [1.82, 2.24) is 4.90 Å². The third-order valence-corrected chi connectivity index (χ3v) is 4.46. The van der Waals surface area contributed by atoms with Crippen molar-refractivity contribution in [3.63, 3.8) is 0 Å². The van der Waals surface area contributed by atoms with Crippen LogP contribution in [0.2, 0.25) is 0 Å². The highest BCUT2D eigenvalue weighted by Crippen LogP contribution is 2.28. The molecule has 0 bridgehead atoms. The van der Waals surface area contributed by atoms with Crippen LogP contribution in [0.1, 0.15) is 57.8 Å². The molecular formula is C13H26N2. The highest BCUT2D eigenvalue weighted by atomic mass is 15.2. The monoisotopic (exact) mass is 210 g/mol. The molecule has 2 atom stereocenters. The lowest BCUT2D eigenvalue weighted by molar-refractivity contribution is 0.0971. The van der Waals surface area contributed by atoms with E-state index in [1.54, 1.807) is 0 Å². The fourth-order valence-corrected chi connectivity index (χ4v) is 3.40. The van der Waals surface area contributed by atoms with Crippen LogP contribution in [0.5, 0.6) is 0 Å². The largest absolute Gasteiger partial charge is 0.326 e. The second-order valence-corrected chi connectivity index (χ2v) is 5.47. The number of hydrogen-bond donors (Lipinski definition) is 1. The van der Waals surface area contributed by atoms with Gasteiger partial charge in [-0.15, -0.1) is 0 Å². The van der Waals surface area contributed by atoms with Crippen LogP contribution in [0, 0.1) is 0 Å². The highest BCUT2D eigenvalue weighted by Gasteiger charge is 2.30. The van der Waals surface area contributed by atoms with Crippen LogP contribution in [0.4, 0.5) is 0 Å². The van der Waals surface area contributed by atoms with Crippen molar-refractivity contribution in [2.24, 2.45) is 5.73 Å². The van der Waals surface area contributed by atoms with Crippen LogP contribution in [0.15, 0.2) is 0 Å². The Hall–Kier alpha value is -0.0800. The van der Waals surface area contributed by atoms with Crippen molar-refractivity contribution in [1.29, 1.82) is 0 Å². The van der Waals surface area contributed by atoms with E-state index in [-0.39, 0.29) is 0 Å². The maximum Gasteiger partial charge on any atom is 0.0247 e. The van der Waals surface area contributed by atoms with E-state index in [0.717, 1.165) is 6.04 Å². The van der Waals surface area contributed by atoms with Crippen molar-refractivity contribution < 1.29 is 0 Å². The van der Waals surface area contributed by atoms with Gasteiger partial charge in [0.25, 0.3) is 0 Å². The summed E-state index contributed by atoms with van der Waals surface area (Å²) < 4.78 is 0. The van der Waals surface area contributed by atoms with Gasteiger partial charge in [0.05, 0.1) is 0 Å². The van der Waals surface area contributed by atoms with Gasteiger partial charge < -0.3 is 5.73 Å². The number of nitrogens with zero attached hydrogens (tertiary/aromatic N) is 1. The molecule has 2 heteroatoms. The van der Waals surface area contributed by atoms with E-state index >= 15 is 0 Å². The lowest BCUT2D eigenvalue weighted by Crippen LogP contribution is -2.52. The normalized spacial score (nSPS) is 34.6. The lowest BCUT2D eigenvalue weighted by Gasteiger charge is -2.42. The predicted octanol–water partition coefficient (Wildman–Crippen LogP) is 2.52. The summed E-state index contributed by atoms with van der Waals surface area (Å²) >= 11 is 0. The minimum absolute atomic E-state index is 0.436. The van der Waals surface area contributed by atoms with Gasteiger partial charge in [0.15, 0.2) is 0 Å². The van der Waals surface area contributed by atoms with Crippen LogP contribution >= 0.6 is 0 Å². The smallest absolute Gasteiger partial charge is 0.0247 e. The molecule has 0 aromatic rings. The lowest BCUT2D eigenvalue weighted by atomic mass is 9.86. The van der Waals surface area contributed by atoms with E-state index in [2.05, 4.69) is 11.9 Å². The highest BCUT2D eigenvalue weighted by molar-refractivity contribution is 4.88. The summed E-state index contributed by atoms with van der Waals surface area (Å²) in [7, 11) is 2.31. The zero-order valence-corrected chi connectivity index (χ0v) is 10.1. The number of likely N-dealkylation sites (N-methyl/N-ethyl adjacent to an activating group) is 1. The second kappa shape index (κ2) is 5.31. The Bertz CT molecular complexity index is 187. The number of nitrogens with two attached hydrogens (primary N) is 1. The Balaban J connectivity index is 1.89. The first kappa shape index (κ1) is 11.4. The summed E-state index contributed by atoms with van der Waals surface area (Å²) in [6, 6.07) is 1.93. The van der Waals surface area contributed by atoms with Crippen LogP contribution in [0.3, 0.4) is 0 Å². The molecule has 0 spiro atoms. The molecule has 0 radical (unpaired) electrons. The molecule has 0 heterocycles. The number of rotatable bonds is 2. The summed E-state index contributed by atoms with van der Waals surface area (Å²) in [6.45, 7) is 0. The molecule has 0 aliphatic heterocycles. The fraction of sp³-hybridized carbons (Fsp3) is 1.00. The molecule has 0 unspecified atom stereocenters. The topological polar surface area (TPSA) is 29.3 Å². The summed E-state index contributed by atoms with van der Waals surface area (Å²) in [5.74, 6) is 0. The van der Waals surface area contributed by atoms with Gasteiger partial charge in [0.2, 0.25) is 0 Å². The van der Waals surface area contributed by atoms with Crippen molar-refractivity contribution in [2.75, 3.05) is 7.05 Å². The molecule has 0 aromatic carbocycles. The average Bonchev–Trinajstić information content (AvgIpc) is 2.30. The van der Waals surface area contributed by atoms with Crippen LogP contribution in [-0.4, -0.2) is 30.1 Å². The molecule has 0 aromatic heterocycles. The Morgan fingerprint density at radius 2 is 1.47 bits per heavy atom. The Morgan fingerprint density at radius 3 is 2.13 bits per heavy atom. The summed E-state index contributed by atoms with van der Waals surface area (Å²) in [5.41, 5.74) is 6.24. The molecule has 0 amide bonds. The van der Waals surface area contributed by atoms with Crippen molar-refractivity contribution in [2.45, 2.75) is 75.9 Å². The molecule has 2 nitrogen and oxygen atoms in total. The van der Waals surface area contributed by atoms with Gasteiger partial charge in [0.1, 0.15) is 0 Å². The van der Waals surface area contributed by atoms with Crippen molar-refractivity contribution >= 4 is 0 Å². The predicted molar refractivity (Wildman–Crippen MR) is 64.9 cm³/mol. The SMILES string of the molecule is CN(C1CCCCC1)[C@@H]1CCCC[C@H]1N. The van der Waals surface area contributed by atoms with Gasteiger partial charge >= 0.3 is 0 Å². The Labute approximate surface area is 94.2 Å². The molecule has 2 aliphatic carbocycles. The summed E-state index contributed by atoms with van der Waals surface area (Å²) in [5, 5.41) is 0. The average molecular weight is 210 g/mol. The van der Waals surface area contributed by atoms with Crippen LogP contribution in [-0.2, 0) is 0 Å². The Kier molecular flexibility index (Phi) is 4.04. The molecule has 2 saturated carbocycles. The molecule has 2 aliphatic rings. The van der Waals surface area contributed by atoms with Gasteiger partial charge in [-0.1, -0.05) is 32.1 Å². The van der Waals surface area contributed by atoms with Crippen LogP contribution in [0.25, 0.3) is 0 Å². The van der Waals surface area contributed by atoms with Gasteiger partial charge in [-0.05, 0) is 32.7 Å². The maximum absolute atomic E-state index is 6.24. The minimum atomic E-state index is 0.436. The van der Waals surface area contributed by atoms with E-state index in [9.17, 15) is 0 Å². The molecule has 2 fully saturated rings. The van der Waals surface area contributed by atoms with E-state index in [0.29, 0.717) is 12.1 Å². The van der Waals surface area contributed by atoms with Gasteiger partial charge in [-0.25, -0.2) is 0 Å². The molecule has 15 heavy (non-hydrogen) atoms. The van der Waals surface area contributed by atoms with E-state index < -0.39 is 0 Å². The second-order valence-electron chi connectivity index (χ2n) is 5.47. The first-order valence-corrected chi connectivity index (χ1v) is 6.76. The fourth-order valence-electron chi connectivity index (χ4n) is 3.40. The van der Waals surface area contributed by atoms with Crippen molar-refractivity contribution in [3.8, 4) is 0 Å². The van der Waals surface area contributed by atoms with Crippen LogP contribution < -0.4 is 5.73 Å². The summed E-state index contributed by atoms with van der Waals surface area (Å²) in [6.07, 6.45) is 12.4. The quantitative estimate of drug-likeness (QED) is 0.759. The molecule has 0 saturated heterocycles.